The van der Waals surface area contributed by atoms with Gasteiger partial charge in [0.25, 0.3) is 0 Å². The molecule has 0 bridgehead atoms. The second kappa shape index (κ2) is 3.05. The predicted octanol–water partition coefficient (Wildman–Crippen LogP) is 1.86. The Bertz CT molecular complexity index is 584. The fourth-order valence-electron chi connectivity index (χ4n) is 1.31. The van der Waals surface area contributed by atoms with Crippen molar-refractivity contribution >= 4 is 31.4 Å². The van der Waals surface area contributed by atoms with Gasteiger partial charge < -0.3 is 0 Å². The zero-order valence-corrected chi connectivity index (χ0v) is 9.15. The summed E-state index contributed by atoms with van der Waals surface area (Å²) in [4.78, 5) is 0.173. The predicted molar refractivity (Wildman–Crippen MR) is 57.9 cm³/mol. The first-order chi connectivity index (χ1) is 6.48. The Morgan fingerprint density at radius 1 is 1.36 bits per heavy atom. The largest absolute Gasteiger partial charge is 0.238 e. The first kappa shape index (κ1) is 9.64. The van der Waals surface area contributed by atoms with Gasteiger partial charge in [0, 0.05) is 4.70 Å². The third-order valence-corrected chi connectivity index (χ3v) is 4.06. The van der Waals surface area contributed by atoms with Gasteiger partial charge in [-0.25, -0.2) is 13.6 Å². The number of hydrogen-bond acceptors (Lipinski definition) is 3. The van der Waals surface area contributed by atoms with Crippen LogP contribution in [0.3, 0.4) is 0 Å². The molecule has 0 radical (unpaired) electrons. The van der Waals surface area contributed by atoms with Gasteiger partial charge in [-0.2, -0.15) is 0 Å². The molecule has 0 unspecified atom stereocenters. The number of aryl methyl sites for hydroxylation is 1. The standard InChI is InChI=1S/C9H9NO2S2/c1-6-5-13-9-3-2-7(4-8(6)9)14(10,11)12/h2-5H,1H3,(H2,10,11,12). The highest BCUT2D eigenvalue weighted by Crippen LogP contribution is 2.27. The van der Waals surface area contributed by atoms with E-state index in [0.29, 0.717) is 0 Å². The zero-order valence-electron chi connectivity index (χ0n) is 7.52. The molecule has 2 rings (SSSR count). The van der Waals surface area contributed by atoms with Crippen LogP contribution in [0.1, 0.15) is 5.56 Å². The molecule has 0 spiro atoms. The fraction of sp³-hybridized carbons (Fsp3) is 0.111. The lowest BCUT2D eigenvalue weighted by atomic mass is 10.2. The molecular weight excluding hydrogens is 218 g/mol. The van der Waals surface area contributed by atoms with Gasteiger partial charge >= 0.3 is 0 Å². The molecule has 0 aliphatic carbocycles. The number of benzene rings is 1. The Kier molecular flexibility index (Phi) is 2.10. The van der Waals surface area contributed by atoms with Gasteiger partial charge in [-0.1, -0.05) is 0 Å². The van der Waals surface area contributed by atoms with Crippen molar-refractivity contribution in [3.63, 3.8) is 0 Å². The lowest BCUT2D eigenvalue weighted by Crippen LogP contribution is -2.11. The summed E-state index contributed by atoms with van der Waals surface area (Å²) in [5.41, 5.74) is 1.08. The quantitative estimate of drug-likeness (QED) is 0.808. The molecule has 0 amide bonds. The van der Waals surface area contributed by atoms with Crippen LogP contribution in [0.25, 0.3) is 10.1 Å². The maximum absolute atomic E-state index is 11.1. The van der Waals surface area contributed by atoms with Crippen molar-refractivity contribution in [2.75, 3.05) is 0 Å². The molecule has 0 aliphatic rings. The SMILES string of the molecule is Cc1csc2ccc(S(N)(=O)=O)cc12. The summed E-state index contributed by atoms with van der Waals surface area (Å²) in [6.07, 6.45) is 0. The van der Waals surface area contributed by atoms with E-state index in [1.165, 1.54) is 6.07 Å². The maximum Gasteiger partial charge on any atom is 0.238 e. The van der Waals surface area contributed by atoms with E-state index < -0.39 is 10.0 Å². The van der Waals surface area contributed by atoms with Crippen LogP contribution >= 0.6 is 11.3 Å². The second-order valence-corrected chi connectivity index (χ2v) is 5.59. The Morgan fingerprint density at radius 2 is 2.07 bits per heavy atom. The summed E-state index contributed by atoms with van der Waals surface area (Å²) in [7, 11) is -3.58. The van der Waals surface area contributed by atoms with Crippen LogP contribution in [0.15, 0.2) is 28.5 Å². The maximum atomic E-state index is 11.1. The minimum Gasteiger partial charge on any atom is -0.225 e. The summed E-state index contributed by atoms with van der Waals surface area (Å²) < 4.78 is 23.3. The number of nitrogens with two attached hydrogens (primary N) is 1. The molecule has 0 saturated carbocycles. The minimum atomic E-state index is -3.58. The number of sulfonamides is 1. The topological polar surface area (TPSA) is 60.2 Å². The Balaban J connectivity index is 2.79. The van der Waals surface area contributed by atoms with Crippen LogP contribution in [0.5, 0.6) is 0 Å². The highest BCUT2D eigenvalue weighted by atomic mass is 32.2. The molecule has 5 heteroatoms. The van der Waals surface area contributed by atoms with E-state index in [2.05, 4.69) is 0 Å². The zero-order chi connectivity index (χ0) is 10.3. The molecule has 74 valence electrons. The van der Waals surface area contributed by atoms with Crippen LogP contribution < -0.4 is 5.14 Å². The second-order valence-electron chi connectivity index (χ2n) is 3.12. The molecule has 0 saturated heterocycles. The molecule has 0 aliphatic heterocycles. The van der Waals surface area contributed by atoms with E-state index in [9.17, 15) is 8.42 Å². The molecular formula is C9H9NO2S2. The van der Waals surface area contributed by atoms with Crippen molar-refractivity contribution < 1.29 is 8.42 Å². The number of rotatable bonds is 1. The van der Waals surface area contributed by atoms with E-state index in [4.69, 9.17) is 5.14 Å². The third-order valence-electron chi connectivity index (χ3n) is 2.07. The summed E-state index contributed by atoms with van der Waals surface area (Å²) in [5.74, 6) is 0. The molecule has 2 aromatic rings. The van der Waals surface area contributed by atoms with E-state index >= 15 is 0 Å². The molecule has 0 fully saturated rings. The number of fused-ring (bicyclic) bond motifs is 1. The highest BCUT2D eigenvalue weighted by molar-refractivity contribution is 7.89. The number of hydrogen-bond donors (Lipinski definition) is 1. The van der Waals surface area contributed by atoms with E-state index in [1.807, 2.05) is 12.3 Å². The van der Waals surface area contributed by atoms with Crippen molar-refractivity contribution in [3.05, 3.63) is 29.1 Å². The van der Waals surface area contributed by atoms with Crippen molar-refractivity contribution in [2.24, 2.45) is 5.14 Å². The van der Waals surface area contributed by atoms with Crippen LogP contribution in [0.2, 0.25) is 0 Å². The van der Waals surface area contributed by atoms with Crippen molar-refractivity contribution in [1.82, 2.24) is 0 Å². The molecule has 14 heavy (non-hydrogen) atoms. The van der Waals surface area contributed by atoms with Crippen molar-refractivity contribution in [2.45, 2.75) is 11.8 Å². The summed E-state index contributed by atoms with van der Waals surface area (Å²) >= 11 is 1.60. The molecule has 1 aromatic carbocycles. The van der Waals surface area contributed by atoms with E-state index in [0.717, 1.165) is 15.6 Å². The molecule has 1 aromatic heterocycles. The van der Waals surface area contributed by atoms with Gasteiger partial charge in [0.15, 0.2) is 0 Å². The van der Waals surface area contributed by atoms with Gasteiger partial charge in [-0.15, -0.1) is 11.3 Å². The van der Waals surface area contributed by atoms with Gasteiger partial charge in [0.05, 0.1) is 4.90 Å². The number of primary sulfonamides is 1. The minimum absolute atomic E-state index is 0.173. The lowest BCUT2D eigenvalue weighted by Gasteiger charge is -1.98. The summed E-state index contributed by atoms with van der Waals surface area (Å²) in [6, 6.07) is 4.94. The number of thiophene rings is 1. The highest BCUT2D eigenvalue weighted by Gasteiger charge is 2.09. The Morgan fingerprint density at radius 3 is 2.71 bits per heavy atom. The van der Waals surface area contributed by atoms with E-state index in [-0.39, 0.29) is 4.90 Å². The monoisotopic (exact) mass is 227 g/mol. The average molecular weight is 227 g/mol. The van der Waals surface area contributed by atoms with E-state index in [1.54, 1.807) is 23.5 Å². The molecule has 1 heterocycles. The smallest absolute Gasteiger partial charge is 0.225 e. The summed E-state index contributed by atoms with van der Waals surface area (Å²) in [5, 5.41) is 8.00. The summed E-state index contributed by atoms with van der Waals surface area (Å²) in [6.45, 7) is 1.95. The van der Waals surface area contributed by atoms with Gasteiger partial charge in [-0.3, -0.25) is 0 Å². The Labute approximate surface area is 86.2 Å². The first-order valence-corrected chi connectivity index (χ1v) is 6.42. The lowest BCUT2D eigenvalue weighted by molar-refractivity contribution is 0.598. The normalized spacial score (nSPS) is 12.1. The molecule has 0 atom stereocenters. The fourth-order valence-corrected chi connectivity index (χ4v) is 2.78. The van der Waals surface area contributed by atoms with Crippen LogP contribution in [-0.2, 0) is 10.0 Å². The van der Waals surface area contributed by atoms with Crippen LogP contribution in [-0.4, -0.2) is 8.42 Å². The average Bonchev–Trinajstić information content (AvgIpc) is 2.46. The van der Waals surface area contributed by atoms with Crippen LogP contribution in [0, 0.1) is 6.92 Å². The van der Waals surface area contributed by atoms with Crippen LogP contribution in [0.4, 0.5) is 0 Å². The van der Waals surface area contributed by atoms with Crippen molar-refractivity contribution in [3.8, 4) is 0 Å². The molecule has 2 N–H and O–H groups in total. The van der Waals surface area contributed by atoms with Gasteiger partial charge in [0.2, 0.25) is 10.0 Å². The third kappa shape index (κ3) is 1.54. The van der Waals surface area contributed by atoms with Gasteiger partial charge in [0.1, 0.15) is 0 Å². The van der Waals surface area contributed by atoms with Gasteiger partial charge in [-0.05, 0) is 41.5 Å². The Hall–Kier alpha value is -0.910. The molecule has 3 nitrogen and oxygen atoms in total. The van der Waals surface area contributed by atoms with Crippen molar-refractivity contribution in [1.29, 1.82) is 0 Å². The first-order valence-electron chi connectivity index (χ1n) is 3.99.